The Morgan fingerprint density at radius 2 is 1.90 bits per heavy atom. The van der Waals surface area contributed by atoms with E-state index in [1.165, 1.54) is 14.2 Å². The summed E-state index contributed by atoms with van der Waals surface area (Å²) in [7, 11) is 2.96. The van der Waals surface area contributed by atoms with Crippen LogP contribution in [0.3, 0.4) is 0 Å². The zero-order chi connectivity index (χ0) is 23.0. The maximum absolute atomic E-state index is 12.7. The molecule has 0 unspecified atom stereocenters. The molecule has 8 heteroatoms. The summed E-state index contributed by atoms with van der Waals surface area (Å²) in [6.07, 6.45) is 5.76. The standard InChI is InChI=1S/C23H38N2O6/c1-7-8-13-29-14-9-10-17(15-18(26)30-23(2,3)4)20-19(16-11-12-16)21(31-24-20)22(27)25(5)28-6/h16-17H,7-15H2,1-6H3/t17-/m0/s1. The van der Waals surface area contributed by atoms with Crippen LogP contribution in [0.4, 0.5) is 0 Å². The van der Waals surface area contributed by atoms with Gasteiger partial charge in [0.1, 0.15) is 5.60 Å². The van der Waals surface area contributed by atoms with Crippen LogP contribution in [-0.2, 0) is 19.1 Å². The van der Waals surface area contributed by atoms with Gasteiger partial charge in [-0.1, -0.05) is 18.5 Å². The molecule has 176 valence electrons. The molecule has 1 aromatic heterocycles. The molecular formula is C23H38N2O6. The van der Waals surface area contributed by atoms with Gasteiger partial charge < -0.3 is 14.0 Å². The molecule has 31 heavy (non-hydrogen) atoms. The van der Waals surface area contributed by atoms with Crippen molar-refractivity contribution < 1.29 is 28.4 Å². The van der Waals surface area contributed by atoms with E-state index in [4.69, 9.17) is 18.8 Å². The van der Waals surface area contributed by atoms with Gasteiger partial charge in [0.15, 0.2) is 0 Å². The Balaban J connectivity index is 2.20. The zero-order valence-electron chi connectivity index (χ0n) is 19.9. The number of ether oxygens (including phenoxy) is 2. The third-order valence-electron chi connectivity index (χ3n) is 5.20. The van der Waals surface area contributed by atoms with Gasteiger partial charge in [-0.15, -0.1) is 0 Å². The Bertz CT molecular complexity index is 720. The fourth-order valence-electron chi connectivity index (χ4n) is 3.45. The lowest BCUT2D eigenvalue weighted by molar-refractivity contribution is -0.155. The van der Waals surface area contributed by atoms with Crippen LogP contribution in [0, 0.1) is 0 Å². The van der Waals surface area contributed by atoms with Crippen molar-refractivity contribution in [2.24, 2.45) is 0 Å². The molecular weight excluding hydrogens is 400 g/mol. The number of hydrogen-bond donors (Lipinski definition) is 0. The molecule has 0 N–H and O–H groups in total. The number of hydrogen-bond acceptors (Lipinski definition) is 7. The number of carbonyl (C=O) groups is 2. The SMILES string of the molecule is CCCCOCCC[C@@H](CC(=O)OC(C)(C)C)c1noc(C(=O)N(C)OC)c1C1CC1. The number of nitrogens with zero attached hydrogens (tertiary/aromatic N) is 2. The summed E-state index contributed by atoms with van der Waals surface area (Å²) in [5.41, 5.74) is 0.945. The Morgan fingerprint density at radius 3 is 2.48 bits per heavy atom. The van der Waals surface area contributed by atoms with E-state index in [-0.39, 0.29) is 35.9 Å². The van der Waals surface area contributed by atoms with Crippen LogP contribution < -0.4 is 0 Å². The number of hydroxylamine groups is 2. The van der Waals surface area contributed by atoms with E-state index in [0.29, 0.717) is 18.7 Å². The second kappa shape index (κ2) is 11.6. The molecule has 2 rings (SSSR count). The molecule has 0 spiro atoms. The van der Waals surface area contributed by atoms with Crippen LogP contribution in [0.5, 0.6) is 0 Å². The van der Waals surface area contributed by atoms with Crippen LogP contribution in [0.2, 0.25) is 0 Å². The van der Waals surface area contributed by atoms with Gasteiger partial charge in [0.05, 0.1) is 19.2 Å². The number of amides is 1. The third kappa shape index (κ3) is 7.92. The predicted molar refractivity (Wildman–Crippen MR) is 116 cm³/mol. The summed E-state index contributed by atoms with van der Waals surface area (Å²) in [6, 6.07) is 0. The van der Waals surface area contributed by atoms with E-state index < -0.39 is 5.60 Å². The van der Waals surface area contributed by atoms with E-state index in [1.807, 2.05) is 20.8 Å². The lowest BCUT2D eigenvalue weighted by Crippen LogP contribution is -2.26. The lowest BCUT2D eigenvalue weighted by Gasteiger charge is -2.22. The number of rotatable bonds is 13. The van der Waals surface area contributed by atoms with Crippen molar-refractivity contribution >= 4 is 11.9 Å². The van der Waals surface area contributed by atoms with Gasteiger partial charge in [-0.2, -0.15) is 0 Å². The number of carbonyl (C=O) groups excluding carboxylic acids is 2. The molecule has 1 atom stereocenters. The first-order valence-corrected chi connectivity index (χ1v) is 11.3. The van der Waals surface area contributed by atoms with Crippen LogP contribution in [-0.4, -0.2) is 55.1 Å². The summed E-state index contributed by atoms with van der Waals surface area (Å²) < 4.78 is 16.7. The number of unbranched alkanes of at least 4 members (excludes halogenated alkanes) is 1. The summed E-state index contributed by atoms with van der Waals surface area (Å²) >= 11 is 0. The smallest absolute Gasteiger partial charge is 0.316 e. The number of aromatic nitrogens is 1. The maximum atomic E-state index is 12.7. The van der Waals surface area contributed by atoms with E-state index in [9.17, 15) is 9.59 Å². The predicted octanol–water partition coefficient (Wildman–Crippen LogP) is 4.60. The Kier molecular flexibility index (Phi) is 9.50. The highest BCUT2D eigenvalue weighted by Gasteiger charge is 2.38. The highest BCUT2D eigenvalue weighted by molar-refractivity contribution is 5.92. The fraction of sp³-hybridized carbons (Fsp3) is 0.783. The normalized spacial score (nSPS) is 15.0. The first-order valence-electron chi connectivity index (χ1n) is 11.3. The first kappa shape index (κ1) is 25.3. The average Bonchev–Trinajstić information content (AvgIpc) is 3.45. The van der Waals surface area contributed by atoms with Crippen molar-refractivity contribution in [2.45, 2.75) is 90.1 Å². The number of esters is 1. The highest BCUT2D eigenvalue weighted by atomic mass is 16.7. The summed E-state index contributed by atoms with van der Waals surface area (Å²) in [6.45, 7) is 9.05. The van der Waals surface area contributed by atoms with E-state index in [0.717, 1.165) is 49.3 Å². The highest BCUT2D eigenvalue weighted by Crippen LogP contribution is 2.46. The summed E-state index contributed by atoms with van der Waals surface area (Å²) in [4.78, 5) is 30.3. The molecule has 8 nitrogen and oxygen atoms in total. The van der Waals surface area contributed by atoms with Gasteiger partial charge in [0, 0.05) is 31.7 Å². The molecule has 0 aliphatic heterocycles. The Hall–Kier alpha value is -1.93. The van der Waals surface area contributed by atoms with Gasteiger partial charge in [0.25, 0.3) is 0 Å². The molecule has 1 aromatic rings. The van der Waals surface area contributed by atoms with Crippen molar-refractivity contribution in [1.82, 2.24) is 10.2 Å². The first-order chi connectivity index (χ1) is 14.7. The van der Waals surface area contributed by atoms with Crippen LogP contribution in [0.1, 0.15) is 106 Å². The second-order valence-corrected chi connectivity index (χ2v) is 9.17. The third-order valence-corrected chi connectivity index (χ3v) is 5.20. The monoisotopic (exact) mass is 438 g/mol. The van der Waals surface area contributed by atoms with E-state index in [1.54, 1.807) is 0 Å². The molecule has 0 saturated heterocycles. The van der Waals surface area contributed by atoms with Crippen molar-refractivity contribution in [1.29, 1.82) is 0 Å². The average molecular weight is 439 g/mol. The van der Waals surface area contributed by atoms with E-state index >= 15 is 0 Å². The molecule has 1 aliphatic carbocycles. The van der Waals surface area contributed by atoms with E-state index in [2.05, 4.69) is 12.1 Å². The minimum Gasteiger partial charge on any atom is -0.460 e. The van der Waals surface area contributed by atoms with Gasteiger partial charge in [-0.05, 0) is 58.8 Å². The van der Waals surface area contributed by atoms with Gasteiger partial charge in [-0.25, -0.2) is 5.06 Å². The van der Waals surface area contributed by atoms with Crippen LogP contribution >= 0.6 is 0 Å². The van der Waals surface area contributed by atoms with Gasteiger partial charge in [0.2, 0.25) is 5.76 Å². The largest absolute Gasteiger partial charge is 0.460 e. The lowest BCUT2D eigenvalue weighted by atomic mass is 9.90. The molecule has 1 saturated carbocycles. The van der Waals surface area contributed by atoms with Gasteiger partial charge in [-0.3, -0.25) is 14.4 Å². The Labute approximate surface area is 185 Å². The maximum Gasteiger partial charge on any atom is 0.316 e. The van der Waals surface area contributed by atoms with Crippen molar-refractivity contribution in [2.75, 3.05) is 27.4 Å². The van der Waals surface area contributed by atoms with Gasteiger partial charge >= 0.3 is 11.9 Å². The molecule has 1 fully saturated rings. The minimum atomic E-state index is -0.559. The molecule has 1 amide bonds. The fourth-order valence-corrected chi connectivity index (χ4v) is 3.45. The molecule has 0 bridgehead atoms. The van der Waals surface area contributed by atoms with Crippen molar-refractivity contribution in [3.05, 3.63) is 17.0 Å². The van der Waals surface area contributed by atoms with Crippen molar-refractivity contribution in [3.63, 3.8) is 0 Å². The molecule has 1 aliphatic rings. The minimum absolute atomic E-state index is 0.187. The second-order valence-electron chi connectivity index (χ2n) is 9.17. The Morgan fingerprint density at radius 1 is 1.23 bits per heavy atom. The topological polar surface area (TPSA) is 91.1 Å². The van der Waals surface area contributed by atoms with Crippen LogP contribution in [0.25, 0.3) is 0 Å². The van der Waals surface area contributed by atoms with Crippen molar-refractivity contribution in [3.8, 4) is 0 Å². The summed E-state index contributed by atoms with van der Waals surface area (Å²) in [5.74, 6) is -0.417. The summed E-state index contributed by atoms with van der Waals surface area (Å²) in [5, 5.41) is 5.39. The van der Waals surface area contributed by atoms with Crippen LogP contribution in [0.15, 0.2) is 4.52 Å². The zero-order valence-corrected chi connectivity index (χ0v) is 19.9. The molecule has 1 heterocycles. The molecule has 0 aromatic carbocycles. The quantitative estimate of drug-likeness (QED) is 0.252. The molecule has 0 radical (unpaired) electrons.